The van der Waals surface area contributed by atoms with Crippen LogP contribution in [0.4, 0.5) is 16.2 Å². The molecule has 0 aliphatic carbocycles. The average Bonchev–Trinajstić information content (AvgIpc) is 2.66. The van der Waals surface area contributed by atoms with Crippen LogP contribution in [-0.2, 0) is 11.3 Å². The molecule has 8 nitrogen and oxygen atoms in total. The highest BCUT2D eigenvalue weighted by Crippen LogP contribution is 2.29. The Morgan fingerprint density at radius 3 is 3.00 bits per heavy atom. The van der Waals surface area contributed by atoms with Crippen molar-refractivity contribution in [2.75, 3.05) is 37.0 Å². The number of halogens is 1. The van der Waals surface area contributed by atoms with Gasteiger partial charge in [-0.1, -0.05) is 17.7 Å². The van der Waals surface area contributed by atoms with Crippen molar-refractivity contribution in [2.45, 2.75) is 6.54 Å². The van der Waals surface area contributed by atoms with Crippen LogP contribution >= 0.6 is 11.6 Å². The number of methoxy groups -OCH3 is 1. The monoisotopic (exact) mass is 389 g/mol. The molecule has 142 valence electrons. The molecule has 2 aromatic rings. The van der Waals surface area contributed by atoms with Gasteiger partial charge in [-0.3, -0.25) is 4.79 Å². The minimum absolute atomic E-state index is 0.0373. The number of nitrogens with one attached hydrogen (secondary N) is 3. The summed E-state index contributed by atoms with van der Waals surface area (Å²) >= 11 is 6.34. The molecule has 1 aromatic carbocycles. The Balaban J connectivity index is 1.59. The summed E-state index contributed by atoms with van der Waals surface area (Å²) in [5, 5.41) is 8.73. The maximum atomic E-state index is 12.1. The van der Waals surface area contributed by atoms with Crippen molar-refractivity contribution < 1.29 is 14.3 Å². The molecule has 2 heterocycles. The molecule has 0 radical (unpaired) electrons. The van der Waals surface area contributed by atoms with Crippen LogP contribution in [0, 0.1) is 0 Å². The van der Waals surface area contributed by atoms with Crippen molar-refractivity contribution in [3.8, 4) is 5.88 Å². The summed E-state index contributed by atoms with van der Waals surface area (Å²) in [6.07, 6.45) is 1.62. The molecule has 9 heteroatoms. The normalized spacial score (nSPS) is 13.7. The number of carbonyl (C=O) groups excluding carboxylic acids is 2. The van der Waals surface area contributed by atoms with E-state index in [0.717, 1.165) is 11.3 Å². The highest BCUT2D eigenvalue weighted by Gasteiger charge is 2.19. The van der Waals surface area contributed by atoms with E-state index >= 15 is 0 Å². The summed E-state index contributed by atoms with van der Waals surface area (Å²) < 4.78 is 5.16. The molecule has 3 amide bonds. The predicted octanol–water partition coefficient (Wildman–Crippen LogP) is 2.00. The molecule has 0 spiro atoms. The van der Waals surface area contributed by atoms with Gasteiger partial charge in [-0.25, -0.2) is 9.78 Å². The molecular formula is C18H20ClN5O3. The van der Waals surface area contributed by atoms with Crippen LogP contribution in [0.2, 0.25) is 5.02 Å². The lowest BCUT2D eigenvalue weighted by Crippen LogP contribution is -2.47. The Morgan fingerprint density at radius 2 is 2.26 bits per heavy atom. The first-order valence-electron chi connectivity index (χ1n) is 8.41. The molecule has 0 saturated carbocycles. The zero-order valence-electron chi connectivity index (χ0n) is 14.8. The summed E-state index contributed by atoms with van der Waals surface area (Å²) in [5.41, 5.74) is 2.09. The van der Waals surface area contributed by atoms with E-state index in [0.29, 0.717) is 29.7 Å². The third-order valence-corrected chi connectivity index (χ3v) is 4.37. The van der Waals surface area contributed by atoms with Crippen LogP contribution in [0.1, 0.15) is 5.56 Å². The van der Waals surface area contributed by atoms with Gasteiger partial charge < -0.3 is 25.6 Å². The number of anilines is 2. The van der Waals surface area contributed by atoms with Crippen molar-refractivity contribution in [1.82, 2.24) is 15.6 Å². The Morgan fingerprint density at radius 1 is 1.41 bits per heavy atom. The number of nitrogens with zero attached hydrogens (tertiary/aromatic N) is 2. The lowest BCUT2D eigenvalue weighted by molar-refractivity contribution is -0.120. The standard InChI is InChI=1S/C18H20ClN5O3/c1-27-17-12(3-2-6-21-17)10-22-18(26)23-13-4-5-15(14(19)9-13)24-8-7-20-16(25)11-24/h2-6,9H,7-8,10-11H2,1H3,(H,20,25)(H2,22,23,26). The molecule has 1 aromatic heterocycles. The molecule has 1 aliphatic rings. The van der Waals surface area contributed by atoms with Crippen molar-refractivity contribution in [1.29, 1.82) is 0 Å². The van der Waals surface area contributed by atoms with E-state index in [1.54, 1.807) is 30.5 Å². The van der Waals surface area contributed by atoms with Gasteiger partial charge in [0.05, 0.1) is 24.4 Å². The zero-order valence-corrected chi connectivity index (χ0v) is 15.5. The minimum Gasteiger partial charge on any atom is -0.481 e. The number of ether oxygens (including phenoxy) is 1. The first kappa shape index (κ1) is 18.8. The summed E-state index contributed by atoms with van der Waals surface area (Å²) in [6.45, 7) is 1.80. The lowest BCUT2D eigenvalue weighted by atomic mass is 10.2. The second-order valence-corrected chi connectivity index (χ2v) is 6.32. The number of pyridine rings is 1. The average molecular weight is 390 g/mol. The largest absolute Gasteiger partial charge is 0.481 e. The van der Waals surface area contributed by atoms with E-state index in [4.69, 9.17) is 16.3 Å². The highest BCUT2D eigenvalue weighted by atomic mass is 35.5. The van der Waals surface area contributed by atoms with E-state index in [1.165, 1.54) is 7.11 Å². The maximum absolute atomic E-state index is 12.1. The van der Waals surface area contributed by atoms with Gasteiger partial charge >= 0.3 is 6.03 Å². The second-order valence-electron chi connectivity index (χ2n) is 5.92. The Hall–Kier alpha value is -3.00. The molecule has 0 bridgehead atoms. The summed E-state index contributed by atoms with van der Waals surface area (Å²) in [7, 11) is 1.53. The third kappa shape index (κ3) is 4.79. The molecule has 0 atom stereocenters. The van der Waals surface area contributed by atoms with Crippen molar-refractivity contribution in [3.05, 3.63) is 47.1 Å². The number of hydrogen-bond donors (Lipinski definition) is 3. The third-order valence-electron chi connectivity index (χ3n) is 4.07. The second kappa shape index (κ2) is 8.59. The number of urea groups is 1. The van der Waals surface area contributed by atoms with Gasteiger partial charge in [-0.2, -0.15) is 0 Å². The first-order chi connectivity index (χ1) is 13.1. The Kier molecular flexibility index (Phi) is 5.97. The quantitative estimate of drug-likeness (QED) is 0.727. The van der Waals surface area contributed by atoms with Crippen LogP contribution in [-0.4, -0.2) is 43.7 Å². The predicted molar refractivity (Wildman–Crippen MR) is 103 cm³/mol. The van der Waals surface area contributed by atoms with Crippen LogP contribution in [0.25, 0.3) is 0 Å². The van der Waals surface area contributed by atoms with Crippen LogP contribution in [0.3, 0.4) is 0 Å². The first-order valence-corrected chi connectivity index (χ1v) is 8.78. The fourth-order valence-corrected chi connectivity index (χ4v) is 3.08. The Bertz CT molecular complexity index is 845. The summed E-state index contributed by atoms with van der Waals surface area (Å²) in [5.74, 6) is 0.431. The molecule has 1 aliphatic heterocycles. The fraction of sp³-hybridized carbons (Fsp3) is 0.278. The number of rotatable bonds is 5. The summed E-state index contributed by atoms with van der Waals surface area (Å²) in [6, 6.07) is 8.43. The van der Waals surface area contributed by atoms with Crippen molar-refractivity contribution in [3.63, 3.8) is 0 Å². The van der Waals surface area contributed by atoms with Crippen LogP contribution < -0.4 is 25.6 Å². The number of benzene rings is 1. The van der Waals surface area contributed by atoms with Crippen LogP contribution in [0.15, 0.2) is 36.5 Å². The van der Waals surface area contributed by atoms with Gasteiger partial charge in [-0.05, 0) is 24.3 Å². The molecule has 27 heavy (non-hydrogen) atoms. The molecule has 1 saturated heterocycles. The molecule has 3 rings (SSSR count). The number of hydrogen-bond acceptors (Lipinski definition) is 5. The van der Waals surface area contributed by atoms with E-state index in [1.807, 2.05) is 11.0 Å². The molecule has 3 N–H and O–H groups in total. The minimum atomic E-state index is -0.373. The van der Waals surface area contributed by atoms with E-state index in [2.05, 4.69) is 20.9 Å². The van der Waals surface area contributed by atoms with Gasteiger partial charge in [0, 0.05) is 37.1 Å². The van der Waals surface area contributed by atoms with Gasteiger partial charge in [0.1, 0.15) is 0 Å². The van der Waals surface area contributed by atoms with E-state index in [9.17, 15) is 9.59 Å². The highest BCUT2D eigenvalue weighted by molar-refractivity contribution is 6.33. The molecular weight excluding hydrogens is 370 g/mol. The molecule has 1 fully saturated rings. The SMILES string of the molecule is COc1ncccc1CNC(=O)Nc1ccc(N2CCNC(=O)C2)c(Cl)c1. The smallest absolute Gasteiger partial charge is 0.319 e. The molecule has 0 unspecified atom stereocenters. The van der Waals surface area contributed by atoms with Gasteiger partial charge in [0.15, 0.2) is 0 Å². The van der Waals surface area contributed by atoms with Gasteiger partial charge in [-0.15, -0.1) is 0 Å². The van der Waals surface area contributed by atoms with E-state index in [-0.39, 0.29) is 25.0 Å². The van der Waals surface area contributed by atoms with Crippen LogP contribution in [0.5, 0.6) is 5.88 Å². The lowest BCUT2D eigenvalue weighted by Gasteiger charge is -2.29. The fourth-order valence-electron chi connectivity index (χ4n) is 2.78. The summed E-state index contributed by atoms with van der Waals surface area (Å²) in [4.78, 5) is 29.7. The van der Waals surface area contributed by atoms with Crippen molar-refractivity contribution in [2.24, 2.45) is 0 Å². The topological polar surface area (TPSA) is 95.6 Å². The van der Waals surface area contributed by atoms with Gasteiger partial charge in [0.25, 0.3) is 0 Å². The number of aromatic nitrogens is 1. The number of carbonyl (C=O) groups is 2. The van der Waals surface area contributed by atoms with Crippen molar-refractivity contribution >= 4 is 34.9 Å². The Labute approximate surface area is 161 Å². The number of piperazine rings is 1. The maximum Gasteiger partial charge on any atom is 0.319 e. The van der Waals surface area contributed by atoms with Gasteiger partial charge in [0.2, 0.25) is 11.8 Å². The number of amides is 3. The zero-order chi connectivity index (χ0) is 19.2. The van der Waals surface area contributed by atoms with E-state index < -0.39 is 0 Å².